The molecule has 3 aliphatic rings. The molecule has 0 N–H and O–H groups in total. The number of carbonyl (C=O) groups excluding carboxylic acids is 2. The smallest absolute Gasteiger partial charge is 0.410 e. The van der Waals surface area contributed by atoms with Crippen LogP contribution in [0.3, 0.4) is 0 Å². The number of carbonyl (C=O) groups is 2. The Labute approximate surface area is 224 Å². The van der Waals surface area contributed by atoms with Gasteiger partial charge in [-0.3, -0.25) is 4.79 Å². The number of amides is 2. The summed E-state index contributed by atoms with van der Waals surface area (Å²) in [5.74, 6) is 6.96. The fraction of sp³-hybridized carbons (Fsp3) is 0.414. The van der Waals surface area contributed by atoms with Gasteiger partial charge in [0.15, 0.2) is 0 Å². The highest BCUT2D eigenvalue weighted by Crippen LogP contribution is 2.50. The van der Waals surface area contributed by atoms with Gasteiger partial charge in [0, 0.05) is 43.2 Å². The fourth-order valence-corrected chi connectivity index (χ4v) is 5.59. The van der Waals surface area contributed by atoms with Crippen LogP contribution in [0.15, 0.2) is 36.4 Å². The minimum atomic E-state index is -3.01. The first-order chi connectivity index (χ1) is 18.5. The van der Waals surface area contributed by atoms with Gasteiger partial charge in [-0.1, -0.05) is 17.9 Å². The van der Waals surface area contributed by atoms with Crippen molar-refractivity contribution in [2.24, 2.45) is 5.92 Å². The molecule has 3 aromatic rings. The molecule has 2 aromatic carbocycles. The first-order valence-corrected chi connectivity index (χ1v) is 12.9. The van der Waals surface area contributed by atoms with Crippen LogP contribution in [0, 0.1) is 17.8 Å². The van der Waals surface area contributed by atoms with E-state index in [0.29, 0.717) is 36.5 Å². The molecular weight excluding hydrogens is 506 g/mol. The zero-order valence-corrected chi connectivity index (χ0v) is 22.1. The number of hydrogen-bond acceptors (Lipinski definition) is 5. The van der Waals surface area contributed by atoms with Crippen molar-refractivity contribution >= 4 is 23.0 Å². The molecule has 3 aliphatic heterocycles. The summed E-state index contributed by atoms with van der Waals surface area (Å²) < 4.78 is 38.9. The first kappa shape index (κ1) is 25.2. The van der Waals surface area contributed by atoms with Crippen LogP contribution >= 0.6 is 0 Å². The molecule has 4 heterocycles. The van der Waals surface area contributed by atoms with Gasteiger partial charge >= 0.3 is 12.7 Å². The first-order valence-electron chi connectivity index (χ1n) is 12.9. The van der Waals surface area contributed by atoms with Crippen molar-refractivity contribution in [1.82, 2.24) is 19.4 Å². The van der Waals surface area contributed by atoms with E-state index in [1.165, 1.54) is 6.07 Å². The van der Waals surface area contributed by atoms with Crippen LogP contribution in [0.2, 0.25) is 0 Å². The number of halogens is 2. The Hall–Kier alpha value is -4.13. The third-order valence-corrected chi connectivity index (χ3v) is 7.36. The Morgan fingerprint density at radius 2 is 1.92 bits per heavy atom. The summed E-state index contributed by atoms with van der Waals surface area (Å²) in [6, 6.07) is 9.71. The monoisotopic (exact) mass is 534 g/mol. The van der Waals surface area contributed by atoms with Crippen LogP contribution in [-0.4, -0.2) is 63.7 Å². The minimum absolute atomic E-state index is 0.0000658. The molecule has 2 unspecified atom stereocenters. The van der Waals surface area contributed by atoms with Crippen molar-refractivity contribution in [3.8, 4) is 17.6 Å². The number of likely N-dealkylation sites (tertiary alicyclic amines) is 1. The van der Waals surface area contributed by atoms with Crippen molar-refractivity contribution in [3.63, 3.8) is 0 Å². The highest BCUT2D eigenvalue weighted by atomic mass is 19.3. The normalized spacial score (nSPS) is 20.2. The van der Waals surface area contributed by atoms with Gasteiger partial charge in [-0.25, -0.2) is 9.78 Å². The largest absolute Gasteiger partial charge is 0.444 e. The van der Waals surface area contributed by atoms with Crippen LogP contribution in [0.5, 0.6) is 5.75 Å². The third-order valence-electron chi connectivity index (χ3n) is 7.36. The van der Waals surface area contributed by atoms with Gasteiger partial charge in [-0.05, 0) is 51.1 Å². The lowest BCUT2D eigenvalue weighted by Crippen LogP contribution is -2.51. The number of hydrogen-bond donors (Lipinski definition) is 0. The molecule has 2 amide bonds. The predicted octanol–water partition coefficient (Wildman–Crippen LogP) is 4.98. The zero-order chi connectivity index (χ0) is 27.6. The summed E-state index contributed by atoms with van der Waals surface area (Å²) in [5, 5.41) is 0. The number of alkyl halides is 2. The van der Waals surface area contributed by atoms with Crippen molar-refractivity contribution in [1.29, 1.82) is 0 Å². The minimum Gasteiger partial charge on any atom is -0.444 e. The maximum absolute atomic E-state index is 13.3. The summed E-state index contributed by atoms with van der Waals surface area (Å²) >= 11 is 0. The maximum Gasteiger partial charge on any atom is 0.410 e. The quantitative estimate of drug-likeness (QED) is 0.434. The summed E-state index contributed by atoms with van der Waals surface area (Å²) in [6.07, 6.45) is 0.174. The van der Waals surface area contributed by atoms with E-state index in [1.54, 1.807) is 29.0 Å². The van der Waals surface area contributed by atoms with E-state index < -0.39 is 18.3 Å². The molecule has 1 saturated heterocycles. The highest BCUT2D eigenvalue weighted by Gasteiger charge is 2.45. The number of imidazole rings is 1. The van der Waals surface area contributed by atoms with Gasteiger partial charge in [-0.15, -0.1) is 0 Å². The molecule has 0 radical (unpaired) electrons. The van der Waals surface area contributed by atoms with Gasteiger partial charge in [0.05, 0.1) is 29.0 Å². The van der Waals surface area contributed by atoms with E-state index >= 15 is 0 Å². The lowest BCUT2D eigenvalue weighted by atomic mass is 9.97. The van der Waals surface area contributed by atoms with E-state index in [1.807, 2.05) is 43.5 Å². The number of aromatic nitrogens is 2. The molecule has 1 fully saturated rings. The number of rotatable bonds is 2. The molecule has 1 aromatic heterocycles. The van der Waals surface area contributed by atoms with Crippen LogP contribution < -0.4 is 4.74 Å². The highest BCUT2D eigenvalue weighted by molar-refractivity contribution is 5.97. The van der Waals surface area contributed by atoms with E-state index in [0.717, 1.165) is 16.6 Å². The second-order valence-corrected chi connectivity index (χ2v) is 11.2. The molecule has 2 atom stereocenters. The number of ether oxygens (including phenoxy) is 2. The van der Waals surface area contributed by atoms with Gasteiger partial charge in [0.2, 0.25) is 0 Å². The predicted molar refractivity (Wildman–Crippen MR) is 139 cm³/mol. The lowest BCUT2D eigenvalue weighted by Gasteiger charge is -2.37. The number of nitrogens with zero attached hydrogens (tertiary/aromatic N) is 4. The second-order valence-electron chi connectivity index (χ2n) is 11.2. The molecule has 0 aliphatic carbocycles. The van der Waals surface area contributed by atoms with Gasteiger partial charge in [0.1, 0.15) is 17.2 Å². The topological polar surface area (TPSA) is 76.9 Å². The van der Waals surface area contributed by atoms with Crippen LogP contribution in [0.25, 0.3) is 11.0 Å². The van der Waals surface area contributed by atoms with E-state index in [4.69, 9.17) is 14.5 Å². The summed E-state index contributed by atoms with van der Waals surface area (Å²) in [4.78, 5) is 33.5. The van der Waals surface area contributed by atoms with Crippen molar-refractivity contribution in [2.75, 3.05) is 20.1 Å². The van der Waals surface area contributed by atoms with Crippen molar-refractivity contribution in [2.45, 2.75) is 51.5 Å². The average molecular weight is 535 g/mol. The Kier molecular flexibility index (Phi) is 5.79. The molecule has 0 spiro atoms. The van der Waals surface area contributed by atoms with Crippen molar-refractivity contribution < 1.29 is 27.8 Å². The molecule has 2 bridgehead atoms. The maximum atomic E-state index is 13.3. The zero-order valence-electron chi connectivity index (χ0n) is 22.1. The van der Waals surface area contributed by atoms with Crippen LogP contribution in [-0.2, 0) is 4.74 Å². The SMILES string of the molecule is CN1C(=O)c2cccc(OC(F)F)c2C2CC1c1nc3ccc(C#CC4CN(C(=O)OC(C)(C)C)C4)cc3n12. The van der Waals surface area contributed by atoms with Crippen LogP contribution in [0.1, 0.15) is 66.6 Å². The molecule has 0 saturated carbocycles. The summed E-state index contributed by atoms with van der Waals surface area (Å²) in [5.41, 5.74) is 2.59. The molecule has 39 heavy (non-hydrogen) atoms. The molecular formula is C29H28F2N4O4. The number of fused-ring (bicyclic) bond motifs is 9. The van der Waals surface area contributed by atoms with Crippen molar-refractivity contribution in [3.05, 3.63) is 58.9 Å². The Bertz CT molecular complexity index is 1560. The molecule has 202 valence electrons. The van der Waals surface area contributed by atoms with Crippen LogP contribution in [0.4, 0.5) is 13.6 Å². The summed E-state index contributed by atoms with van der Waals surface area (Å²) in [6.45, 7) is 3.52. The lowest BCUT2D eigenvalue weighted by molar-refractivity contribution is -0.0507. The Morgan fingerprint density at radius 1 is 1.15 bits per heavy atom. The number of benzene rings is 2. The molecule has 6 rings (SSSR count). The second kappa shape index (κ2) is 8.97. The fourth-order valence-electron chi connectivity index (χ4n) is 5.59. The standard InChI is InChI=1S/C29H28F2N4O4/c1-29(2,3)39-28(37)34-14-17(15-34)9-8-16-10-11-19-20(12-16)35-21-13-22(25(35)32-19)33(4)26(36)18-6-5-7-23(24(18)21)38-27(30)31/h5-7,10-12,17,21-22,27H,13-15H2,1-4H3. The molecule has 10 heteroatoms. The summed E-state index contributed by atoms with van der Waals surface area (Å²) in [7, 11) is 1.71. The van der Waals surface area contributed by atoms with Gasteiger partial charge < -0.3 is 23.8 Å². The van der Waals surface area contributed by atoms with E-state index in [9.17, 15) is 18.4 Å². The van der Waals surface area contributed by atoms with Gasteiger partial charge in [0.25, 0.3) is 5.91 Å². The Morgan fingerprint density at radius 3 is 2.64 bits per heavy atom. The molecule has 8 nitrogen and oxygen atoms in total. The van der Waals surface area contributed by atoms with E-state index in [2.05, 4.69) is 11.8 Å². The van der Waals surface area contributed by atoms with E-state index in [-0.39, 0.29) is 29.7 Å². The van der Waals surface area contributed by atoms with Gasteiger partial charge in [-0.2, -0.15) is 8.78 Å². The average Bonchev–Trinajstić information content (AvgIpc) is 3.34. The third kappa shape index (κ3) is 4.36. The Balaban J connectivity index is 1.33.